The quantitative estimate of drug-likeness (QED) is 0.838. The molecule has 1 aromatic heterocycles. The Labute approximate surface area is 153 Å². The van der Waals surface area contributed by atoms with Crippen LogP contribution < -0.4 is 10.6 Å². The van der Waals surface area contributed by atoms with E-state index in [0.717, 1.165) is 63.8 Å². The highest BCUT2D eigenvalue weighted by molar-refractivity contribution is 5.97. The number of carbonyl (C=O) groups is 2. The number of nitrogens with zero attached hydrogens (tertiary/aromatic N) is 2. The molecular weight excluding hydrogens is 332 g/mol. The van der Waals surface area contributed by atoms with Crippen molar-refractivity contribution in [2.75, 3.05) is 13.2 Å². The molecule has 3 aliphatic rings. The Morgan fingerprint density at radius 1 is 1.08 bits per heavy atom. The molecular formula is C19H28N4O3. The molecule has 1 unspecified atom stereocenters. The van der Waals surface area contributed by atoms with Gasteiger partial charge in [0.1, 0.15) is 5.69 Å². The fraction of sp³-hybridized carbons (Fsp3) is 0.737. The topological polar surface area (TPSA) is 85.2 Å². The lowest BCUT2D eigenvalue weighted by atomic mass is 10.1. The van der Waals surface area contributed by atoms with Gasteiger partial charge in [0.2, 0.25) is 0 Å². The van der Waals surface area contributed by atoms with Gasteiger partial charge in [-0.25, -0.2) is 4.98 Å². The van der Waals surface area contributed by atoms with Gasteiger partial charge in [0, 0.05) is 25.7 Å². The Bertz CT molecular complexity index is 673. The van der Waals surface area contributed by atoms with Crippen molar-refractivity contribution in [2.45, 2.75) is 76.5 Å². The van der Waals surface area contributed by atoms with Gasteiger partial charge in [-0.2, -0.15) is 0 Å². The predicted octanol–water partition coefficient (Wildman–Crippen LogP) is 1.80. The summed E-state index contributed by atoms with van der Waals surface area (Å²) >= 11 is 0. The zero-order valence-corrected chi connectivity index (χ0v) is 15.3. The number of fused-ring (bicyclic) bond motifs is 1. The first kappa shape index (κ1) is 17.5. The highest BCUT2D eigenvalue weighted by Crippen LogP contribution is 2.23. The van der Waals surface area contributed by atoms with E-state index in [-0.39, 0.29) is 24.0 Å². The van der Waals surface area contributed by atoms with Gasteiger partial charge in [-0.15, -0.1) is 0 Å². The Hall–Kier alpha value is -1.89. The van der Waals surface area contributed by atoms with Gasteiger partial charge in [-0.1, -0.05) is 12.8 Å². The fourth-order valence-electron chi connectivity index (χ4n) is 4.31. The smallest absolute Gasteiger partial charge is 0.287 e. The lowest BCUT2D eigenvalue weighted by Crippen LogP contribution is -2.35. The maximum absolute atomic E-state index is 12.7. The SMILES string of the molecule is O=C(NCC1CCCO1)c1nc(C(=O)NC2CCCC2)n2c1CCCC2. The Balaban J connectivity index is 1.49. The molecule has 0 bridgehead atoms. The van der Waals surface area contributed by atoms with Crippen molar-refractivity contribution in [2.24, 2.45) is 0 Å². The average molecular weight is 360 g/mol. The van der Waals surface area contributed by atoms with Crippen LogP contribution in [0.1, 0.15) is 78.2 Å². The van der Waals surface area contributed by atoms with Gasteiger partial charge < -0.3 is 19.9 Å². The van der Waals surface area contributed by atoms with E-state index in [9.17, 15) is 9.59 Å². The van der Waals surface area contributed by atoms with Crippen molar-refractivity contribution in [3.63, 3.8) is 0 Å². The highest BCUT2D eigenvalue weighted by Gasteiger charge is 2.29. The summed E-state index contributed by atoms with van der Waals surface area (Å²) in [5, 5.41) is 6.05. The predicted molar refractivity (Wildman–Crippen MR) is 96.2 cm³/mol. The van der Waals surface area contributed by atoms with Crippen LogP contribution in [0.3, 0.4) is 0 Å². The van der Waals surface area contributed by atoms with E-state index >= 15 is 0 Å². The van der Waals surface area contributed by atoms with Crippen LogP contribution >= 0.6 is 0 Å². The molecule has 1 aliphatic carbocycles. The highest BCUT2D eigenvalue weighted by atomic mass is 16.5. The van der Waals surface area contributed by atoms with Gasteiger partial charge in [0.15, 0.2) is 5.82 Å². The maximum Gasteiger partial charge on any atom is 0.287 e. The Kier molecular flexibility index (Phi) is 5.24. The lowest BCUT2D eigenvalue weighted by molar-refractivity contribution is 0.0853. The largest absolute Gasteiger partial charge is 0.376 e. The molecule has 2 aliphatic heterocycles. The first-order chi connectivity index (χ1) is 12.7. The molecule has 1 saturated carbocycles. The second-order valence-electron chi connectivity index (χ2n) is 7.64. The van der Waals surface area contributed by atoms with Crippen molar-refractivity contribution in [3.8, 4) is 0 Å². The number of carbonyl (C=O) groups excluding carboxylic acids is 2. The Morgan fingerprint density at radius 2 is 1.92 bits per heavy atom. The van der Waals surface area contributed by atoms with E-state index in [1.54, 1.807) is 0 Å². The van der Waals surface area contributed by atoms with Crippen molar-refractivity contribution >= 4 is 11.8 Å². The van der Waals surface area contributed by atoms with Crippen LogP contribution in [0.2, 0.25) is 0 Å². The molecule has 1 aromatic rings. The van der Waals surface area contributed by atoms with E-state index < -0.39 is 0 Å². The van der Waals surface area contributed by atoms with Gasteiger partial charge >= 0.3 is 0 Å². The monoisotopic (exact) mass is 360 g/mol. The molecule has 1 saturated heterocycles. The molecule has 0 radical (unpaired) electrons. The zero-order valence-electron chi connectivity index (χ0n) is 15.3. The normalized spacial score (nSPS) is 23.0. The van der Waals surface area contributed by atoms with Gasteiger partial charge in [0.05, 0.1) is 11.8 Å². The Morgan fingerprint density at radius 3 is 2.69 bits per heavy atom. The van der Waals surface area contributed by atoms with Crippen LogP contribution in [0, 0.1) is 0 Å². The molecule has 2 fully saturated rings. The molecule has 2 amide bonds. The van der Waals surface area contributed by atoms with Crippen LogP contribution in [0.4, 0.5) is 0 Å². The molecule has 1 atom stereocenters. The first-order valence-electron chi connectivity index (χ1n) is 10.0. The summed E-state index contributed by atoms with van der Waals surface area (Å²) in [6, 6.07) is 0.246. The van der Waals surface area contributed by atoms with E-state index in [4.69, 9.17) is 4.74 Å². The summed E-state index contributed by atoms with van der Waals surface area (Å²) in [6.45, 7) is 2.04. The van der Waals surface area contributed by atoms with E-state index in [1.165, 1.54) is 12.8 Å². The van der Waals surface area contributed by atoms with Gasteiger partial charge in [-0.3, -0.25) is 9.59 Å². The summed E-state index contributed by atoms with van der Waals surface area (Å²) in [5.41, 5.74) is 1.32. The second-order valence-corrected chi connectivity index (χ2v) is 7.64. The van der Waals surface area contributed by atoms with E-state index in [0.29, 0.717) is 18.1 Å². The van der Waals surface area contributed by atoms with Crippen LogP contribution in [0.15, 0.2) is 0 Å². The molecule has 7 nitrogen and oxygen atoms in total. The van der Waals surface area contributed by atoms with Crippen LogP contribution in [-0.4, -0.2) is 46.7 Å². The molecule has 0 spiro atoms. The van der Waals surface area contributed by atoms with Crippen LogP contribution in [0.5, 0.6) is 0 Å². The standard InChI is InChI=1S/C19H28N4O3/c24-18(20-12-14-8-5-11-26-14)16-15-9-3-4-10-23(15)17(22-16)19(25)21-13-6-1-2-7-13/h13-14H,1-12H2,(H,20,24)(H,21,25). The third-order valence-electron chi connectivity index (χ3n) is 5.74. The lowest BCUT2D eigenvalue weighted by Gasteiger charge is -2.18. The number of hydrogen-bond acceptors (Lipinski definition) is 4. The third kappa shape index (κ3) is 3.63. The summed E-state index contributed by atoms with van der Waals surface area (Å²) < 4.78 is 7.52. The average Bonchev–Trinajstić information content (AvgIpc) is 3.40. The summed E-state index contributed by atoms with van der Waals surface area (Å²) in [6.07, 6.45) is 9.38. The van der Waals surface area contributed by atoms with E-state index in [1.807, 2.05) is 4.57 Å². The number of hydrogen-bond donors (Lipinski definition) is 2. The molecule has 142 valence electrons. The second kappa shape index (κ2) is 7.78. The number of imidazole rings is 1. The number of nitrogens with one attached hydrogen (secondary N) is 2. The number of aromatic nitrogens is 2. The molecule has 4 rings (SSSR count). The third-order valence-corrected chi connectivity index (χ3v) is 5.74. The zero-order chi connectivity index (χ0) is 17.9. The molecule has 7 heteroatoms. The van der Waals surface area contributed by atoms with E-state index in [2.05, 4.69) is 15.6 Å². The molecule has 26 heavy (non-hydrogen) atoms. The summed E-state index contributed by atoms with van der Waals surface area (Å²) in [4.78, 5) is 29.9. The van der Waals surface area contributed by atoms with Crippen molar-refractivity contribution in [3.05, 3.63) is 17.2 Å². The minimum Gasteiger partial charge on any atom is -0.376 e. The molecule has 0 aromatic carbocycles. The first-order valence-corrected chi connectivity index (χ1v) is 10.0. The molecule has 2 N–H and O–H groups in total. The van der Waals surface area contributed by atoms with Crippen LogP contribution in [0.25, 0.3) is 0 Å². The minimum atomic E-state index is -0.189. The van der Waals surface area contributed by atoms with Crippen molar-refractivity contribution in [1.82, 2.24) is 20.2 Å². The molecule has 3 heterocycles. The number of rotatable bonds is 5. The number of amides is 2. The minimum absolute atomic E-state index is 0.0996. The maximum atomic E-state index is 12.7. The summed E-state index contributed by atoms with van der Waals surface area (Å²) in [5.74, 6) is 0.0677. The van der Waals surface area contributed by atoms with Gasteiger partial charge in [0.25, 0.3) is 11.8 Å². The summed E-state index contributed by atoms with van der Waals surface area (Å²) in [7, 11) is 0. The van der Waals surface area contributed by atoms with Gasteiger partial charge in [-0.05, 0) is 44.9 Å². The fourth-order valence-corrected chi connectivity index (χ4v) is 4.31. The number of ether oxygens (including phenoxy) is 1. The van der Waals surface area contributed by atoms with Crippen LogP contribution in [-0.2, 0) is 17.7 Å². The van der Waals surface area contributed by atoms with Crippen molar-refractivity contribution < 1.29 is 14.3 Å². The van der Waals surface area contributed by atoms with Crippen molar-refractivity contribution in [1.29, 1.82) is 0 Å².